The molecule has 2 aliphatic carbocycles. The Morgan fingerprint density at radius 3 is 2.79 bits per heavy atom. The first kappa shape index (κ1) is 9.01. The number of carbonyl (C=O) groups is 1. The maximum atomic E-state index is 11.4. The number of amides is 2. The van der Waals surface area contributed by atoms with Crippen molar-refractivity contribution >= 4 is 22.0 Å². The number of nitrogens with two attached hydrogens (primary N) is 1. The molecule has 1 heterocycles. The van der Waals surface area contributed by atoms with Crippen LogP contribution in [0.4, 0.5) is 4.79 Å². The molecule has 0 radical (unpaired) electrons. The molecule has 0 aromatic carbocycles. The third-order valence-corrected chi connectivity index (χ3v) is 5.11. The summed E-state index contributed by atoms with van der Waals surface area (Å²) in [5.74, 6) is 1.54. The van der Waals surface area contributed by atoms with Crippen molar-refractivity contribution in [2.75, 3.05) is 0 Å². The Bertz CT molecular complexity index is 281. The molecule has 0 unspecified atom stereocenters. The van der Waals surface area contributed by atoms with Gasteiger partial charge in [0.1, 0.15) is 0 Å². The van der Waals surface area contributed by atoms with Crippen molar-refractivity contribution in [1.82, 2.24) is 4.90 Å². The standard InChI is InChI=1S/C10H15BrN2O/c11-8-3-5-1-6-4-7(2-5)13(9(6)8)10(12)14/h5-9H,1-4H2,(H2,12,14)/t5-,6+,7-,8-,9-/m0/s1. The van der Waals surface area contributed by atoms with Crippen LogP contribution < -0.4 is 5.73 Å². The SMILES string of the molecule is NC(=O)N1[C@H]2C[C@@H]3C[C@H](C2)[C@H]1[C@@H](Br)C3. The average Bonchev–Trinajstić information content (AvgIpc) is 2.30. The Morgan fingerprint density at radius 2 is 2.07 bits per heavy atom. The first-order valence-corrected chi connectivity index (χ1v) is 6.30. The third kappa shape index (κ3) is 1.06. The molecule has 1 aliphatic heterocycles. The molecule has 14 heavy (non-hydrogen) atoms. The highest BCUT2D eigenvalue weighted by Gasteiger charge is 2.53. The molecule has 3 rings (SSSR count). The number of rotatable bonds is 0. The Morgan fingerprint density at radius 1 is 1.29 bits per heavy atom. The number of carbonyl (C=O) groups excluding carboxylic acids is 1. The highest BCUT2D eigenvalue weighted by atomic mass is 79.9. The maximum Gasteiger partial charge on any atom is 0.315 e. The van der Waals surface area contributed by atoms with Gasteiger partial charge in [0.15, 0.2) is 0 Å². The monoisotopic (exact) mass is 258 g/mol. The zero-order valence-electron chi connectivity index (χ0n) is 8.03. The number of halogens is 1. The van der Waals surface area contributed by atoms with Gasteiger partial charge in [0.25, 0.3) is 0 Å². The van der Waals surface area contributed by atoms with E-state index in [1.165, 1.54) is 25.7 Å². The van der Waals surface area contributed by atoms with Gasteiger partial charge >= 0.3 is 6.03 Å². The summed E-state index contributed by atoms with van der Waals surface area (Å²) in [4.78, 5) is 13.8. The van der Waals surface area contributed by atoms with E-state index in [9.17, 15) is 4.79 Å². The third-order valence-electron chi connectivity index (χ3n) is 4.20. The fourth-order valence-corrected chi connectivity index (χ4v) is 5.09. The minimum atomic E-state index is -0.213. The van der Waals surface area contributed by atoms with Crippen LogP contribution in [0, 0.1) is 11.8 Å². The van der Waals surface area contributed by atoms with Crippen LogP contribution in [0.15, 0.2) is 0 Å². The molecule has 3 fully saturated rings. The Kier molecular flexibility index (Phi) is 1.85. The number of hydrogen-bond donors (Lipinski definition) is 1. The van der Waals surface area contributed by atoms with Gasteiger partial charge in [-0.05, 0) is 37.5 Å². The smallest absolute Gasteiger partial charge is 0.315 e. The zero-order chi connectivity index (χ0) is 9.87. The summed E-state index contributed by atoms with van der Waals surface area (Å²) in [6.07, 6.45) is 4.90. The van der Waals surface area contributed by atoms with Crippen molar-refractivity contribution in [2.24, 2.45) is 17.6 Å². The number of hydrogen-bond acceptors (Lipinski definition) is 1. The predicted octanol–water partition coefficient (Wildman–Crippen LogP) is 1.70. The van der Waals surface area contributed by atoms with Crippen LogP contribution >= 0.6 is 15.9 Å². The topological polar surface area (TPSA) is 46.3 Å². The molecule has 0 aromatic rings. The normalized spacial score (nSPS) is 49.8. The highest BCUT2D eigenvalue weighted by Crippen LogP contribution is 2.51. The Balaban J connectivity index is 1.98. The van der Waals surface area contributed by atoms with Crippen LogP contribution in [0.3, 0.4) is 0 Å². The minimum absolute atomic E-state index is 0.213. The van der Waals surface area contributed by atoms with Crippen LogP contribution in [-0.4, -0.2) is 27.8 Å². The summed E-state index contributed by atoms with van der Waals surface area (Å²) in [6, 6.07) is 0.620. The lowest BCUT2D eigenvalue weighted by Gasteiger charge is -2.36. The van der Waals surface area contributed by atoms with Crippen molar-refractivity contribution in [1.29, 1.82) is 0 Å². The molecule has 0 aromatic heterocycles. The second-order valence-electron chi connectivity index (χ2n) is 4.97. The number of nitrogens with zero attached hydrogens (tertiary/aromatic N) is 1. The van der Waals surface area contributed by atoms with E-state index in [0.717, 1.165) is 5.92 Å². The van der Waals surface area contributed by atoms with Gasteiger partial charge < -0.3 is 10.6 Å². The van der Waals surface area contributed by atoms with Gasteiger partial charge in [-0.25, -0.2) is 4.79 Å². The van der Waals surface area contributed by atoms with E-state index in [-0.39, 0.29) is 6.03 Å². The molecule has 2 amide bonds. The molecular weight excluding hydrogens is 244 g/mol. The molecule has 3 bridgehead atoms. The lowest BCUT2D eigenvalue weighted by atomic mass is 9.72. The number of likely N-dealkylation sites (tertiary alicyclic amines) is 1. The van der Waals surface area contributed by atoms with Crippen LogP contribution in [0.25, 0.3) is 0 Å². The summed E-state index contributed by atoms with van der Waals surface area (Å²) in [6.45, 7) is 0. The number of primary amides is 1. The highest BCUT2D eigenvalue weighted by molar-refractivity contribution is 9.09. The van der Waals surface area contributed by atoms with Crippen LogP contribution in [0.5, 0.6) is 0 Å². The van der Waals surface area contributed by atoms with Crippen LogP contribution in [0.1, 0.15) is 25.7 Å². The Labute approximate surface area is 92.1 Å². The quantitative estimate of drug-likeness (QED) is 0.661. The summed E-state index contributed by atoms with van der Waals surface area (Å²) in [7, 11) is 0. The van der Waals surface area contributed by atoms with Gasteiger partial charge in [0.2, 0.25) is 0 Å². The molecule has 4 heteroatoms. The van der Waals surface area contributed by atoms with Crippen molar-refractivity contribution in [3.63, 3.8) is 0 Å². The van der Waals surface area contributed by atoms with Gasteiger partial charge in [0, 0.05) is 16.9 Å². The van der Waals surface area contributed by atoms with E-state index in [1.54, 1.807) is 0 Å². The lowest BCUT2D eigenvalue weighted by Crippen LogP contribution is -2.48. The molecular formula is C10H15BrN2O. The molecule has 2 saturated carbocycles. The molecule has 2 N–H and O–H groups in total. The van der Waals surface area contributed by atoms with E-state index < -0.39 is 0 Å². The van der Waals surface area contributed by atoms with Gasteiger partial charge in [-0.3, -0.25) is 0 Å². The van der Waals surface area contributed by atoms with E-state index in [4.69, 9.17) is 5.73 Å². The molecule has 78 valence electrons. The van der Waals surface area contributed by atoms with E-state index in [2.05, 4.69) is 15.9 Å². The summed E-state index contributed by atoms with van der Waals surface area (Å²) in [5.41, 5.74) is 5.47. The molecule has 0 spiro atoms. The summed E-state index contributed by atoms with van der Waals surface area (Å²) >= 11 is 3.72. The molecule has 3 nitrogen and oxygen atoms in total. The molecule has 1 saturated heterocycles. The van der Waals surface area contributed by atoms with Crippen LogP contribution in [-0.2, 0) is 0 Å². The van der Waals surface area contributed by atoms with Crippen molar-refractivity contribution < 1.29 is 4.79 Å². The minimum Gasteiger partial charge on any atom is -0.351 e. The first-order valence-electron chi connectivity index (χ1n) is 5.38. The first-order chi connectivity index (χ1) is 6.66. The molecule has 5 atom stereocenters. The van der Waals surface area contributed by atoms with Gasteiger partial charge in [0.05, 0.1) is 0 Å². The number of alkyl halides is 1. The fraction of sp³-hybridized carbons (Fsp3) is 0.900. The second kappa shape index (κ2) is 2.87. The van der Waals surface area contributed by atoms with Crippen LogP contribution in [0.2, 0.25) is 0 Å². The predicted molar refractivity (Wildman–Crippen MR) is 57.2 cm³/mol. The van der Waals surface area contributed by atoms with Gasteiger partial charge in [-0.2, -0.15) is 0 Å². The van der Waals surface area contributed by atoms with Gasteiger partial charge in [-0.1, -0.05) is 15.9 Å². The van der Waals surface area contributed by atoms with Crippen molar-refractivity contribution in [3.8, 4) is 0 Å². The molecule has 3 aliphatic rings. The van der Waals surface area contributed by atoms with E-state index >= 15 is 0 Å². The zero-order valence-corrected chi connectivity index (χ0v) is 9.61. The largest absolute Gasteiger partial charge is 0.351 e. The average molecular weight is 259 g/mol. The van der Waals surface area contributed by atoms with Gasteiger partial charge in [-0.15, -0.1) is 0 Å². The summed E-state index contributed by atoms with van der Waals surface area (Å²) < 4.78 is 0. The van der Waals surface area contributed by atoms with Crippen molar-refractivity contribution in [3.05, 3.63) is 0 Å². The Hall–Kier alpha value is -0.250. The fourth-order valence-electron chi connectivity index (χ4n) is 3.87. The lowest BCUT2D eigenvalue weighted by molar-refractivity contribution is 0.180. The maximum absolute atomic E-state index is 11.4. The summed E-state index contributed by atoms with van der Waals surface area (Å²) in [5, 5.41) is 0. The van der Waals surface area contributed by atoms with E-state index in [0.29, 0.717) is 22.8 Å². The second-order valence-corrected chi connectivity index (χ2v) is 6.15. The number of urea groups is 1. The number of fused-ring (bicyclic) bond motifs is 2. The van der Waals surface area contributed by atoms with Crippen molar-refractivity contribution in [2.45, 2.75) is 42.6 Å². The van der Waals surface area contributed by atoms with E-state index in [1.807, 2.05) is 4.90 Å².